The molecule has 1 aliphatic heterocycles. The van der Waals surface area contributed by atoms with E-state index < -0.39 is 0 Å². The summed E-state index contributed by atoms with van der Waals surface area (Å²) >= 11 is 0. The van der Waals surface area contributed by atoms with Gasteiger partial charge in [0.05, 0.1) is 12.2 Å². The molecule has 0 spiro atoms. The zero-order valence-corrected chi connectivity index (χ0v) is 11.9. The molecule has 1 heterocycles. The number of hydrogen-bond donors (Lipinski definition) is 0. The van der Waals surface area contributed by atoms with Crippen molar-refractivity contribution in [3.8, 4) is 11.5 Å². The Labute approximate surface area is 122 Å². The first kappa shape index (κ1) is 12.8. The summed E-state index contributed by atoms with van der Waals surface area (Å²) in [6.07, 6.45) is 2.52. The van der Waals surface area contributed by atoms with Gasteiger partial charge in [-0.2, -0.15) is 0 Å². The van der Waals surface area contributed by atoms with Crippen LogP contribution in [0.5, 0.6) is 11.5 Å². The molecule has 5 rings (SSSR count). The van der Waals surface area contributed by atoms with E-state index in [-0.39, 0.29) is 36.0 Å². The second-order valence-electron chi connectivity index (χ2n) is 5.93. The molecule has 1 aromatic carbocycles. The third-order valence-corrected chi connectivity index (χ3v) is 4.60. The van der Waals surface area contributed by atoms with Crippen molar-refractivity contribution in [2.75, 3.05) is 0 Å². The number of ether oxygens (including phenoxy) is 3. The summed E-state index contributed by atoms with van der Waals surface area (Å²) in [5.41, 5.74) is 2.00. The zero-order chi connectivity index (χ0) is 14.7. The number of rotatable bonds is 2. The average Bonchev–Trinajstić information content (AvgIpc) is 3.21. The summed E-state index contributed by atoms with van der Waals surface area (Å²) in [6.45, 7) is 2.79. The van der Waals surface area contributed by atoms with Gasteiger partial charge in [-0.05, 0) is 25.0 Å². The average molecular weight is 288 g/mol. The largest absolute Gasteiger partial charge is 0.426 e. The molecule has 0 aromatic heterocycles. The highest BCUT2D eigenvalue weighted by Gasteiger charge is 2.59. The highest BCUT2D eigenvalue weighted by atomic mass is 16.6. The van der Waals surface area contributed by atoms with E-state index in [0.29, 0.717) is 11.5 Å². The fourth-order valence-electron chi connectivity index (χ4n) is 3.94. The van der Waals surface area contributed by atoms with Gasteiger partial charge in [0.2, 0.25) is 0 Å². The van der Waals surface area contributed by atoms with E-state index in [4.69, 9.17) is 14.2 Å². The van der Waals surface area contributed by atoms with E-state index in [1.54, 1.807) is 12.1 Å². The molecule has 5 heteroatoms. The minimum atomic E-state index is -0.341. The minimum Gasteiger partial charge on any atom is -0.426 e. The summed E-state index contributed by atoms with van der Waals surface area (Å²) in [6, 6.07) is 3.44. The summed E-state index contributed by atoms with van der Waals surface area (Å²) in [5.74, 6) is 0.952. The highest BCUT2D eigenvalue weighted by Crippen LogP contribution is 2.62. The Morgan fingerprint density at radius 2 is 1.38 bits per heavy atom. The number of carbonyl (C=O) groups is 2. The van der Waals surface area contributed by atoms with Gasteiger partial charge >= 0.3 is 11.9 Å². The quantitative estimate of drug-likeness (QED) is 0.474. The second-order valence-corrected chi connectivity index (χ2v) is 5.93. The van der Waals surface area contributed by atoms with Crippen LogP contribution >= 0.6 is 0 Å². The summed E-state index contributed by atoms with van der Waals surface area (Å²) in [5, 5.41) is 0. The molecule has 2 fully saturated rings. The van der Waals surface area contributed by atoms with Crippen molar-refractivity contribution < 1.29 is 23.8 Å². The van der Waals surface area contributed by atoms with Gasteiger partial charge in [-0.15, -0.1) is 0 Å². The molecule has 21 heavy (non-hydrogen) atoms. The Balaban J connectivity index is 1.86. The van der Waals surface area contributed by atoms with E-state index >= 15 is 0 Å². The van der Waals surface area contributed by atoms with Crippen LogP contribution < -0.4 is 9.47 Å². The van der Waals surface area contributed by atoms with Crippen LogP contribution in [0.3, 0.4) is 0 Å². The second kappa shape index (κ2) is 4.31. The first-order chi connectivity index (χ1) is 10.1. The third-order valence-electron chi connectivity index (χ3n) is 4.60. The Hall–Kier alpha value is -1.88. The molecule has 1 saturated heterocycles. The molecule has 0 radical (unpaired) electrons. The fourth-order valence-corrected chi connectivity index (χ4v) is 3.94. The molecule has 3 aliphatic carbocycles. The number of hydrogen-bond acceptors (Lipinski definition) is 5. The maximum Gasteiger partial charge on any atom is 0.308 e. The smallest absolute Gasteiger partial charge is 0.308 e. The normalized spacial score (nSPS) is 31.1. The summed E-state index contributed by atoms with van der Waals surface area (Å²) < 4.78 is 16.5. The predicted octanol–water partition coefficient (Wildman–Crippen LogP) is 2.28. The number of carbonyl (C=O) groups excluding carboxylic acids is 2. The van der Waals surface area contributed by atoms with Crippen LogP contribution in [0, 0.1) is 0 Å². The monoisotopic (exact) mass is 288 g/mol. The van der Waals surface area contributed by atoms with Gasteiger partial charge in [-0.25, -0.2) is 0 Å². The Bertz CT molecular complexity index is 595. The molecule has 0 amide bonds. The van der Waals surface area contributed by atoms with Crippen molar-refractivity contribution in [1.82, 2.24) is 0 Å². The van der Waals surface area contributed by atoms with Crippen molar-refractivity contribution in [3.05, 3.63) is 23.3 Å². The SMILES string of the molecule is CC(=O)Oc1ccc(OC(C)=O)c2c1[C@H]1CC[C@@H]2[C@@H]2O[C@@H]21. The van der Waals surface area contributed by atoms with E-state index in [1.807, 2.05) is 0 Å². The van der Waals surface area contributed by atoms with Crippen molar-refractivity contribution >= 4 is 11.9 Å². The maximum atomic E-state index is 11.3. The summed E-state index contributed by atoms with van der Waals surface area (Å²) in [7, 11) is 0. The van der Waals surface area contributed by atoms with E-state index in [9.17, 15) is 9.59 Å². The van der Waals surface area contributed by atoms with Crippen molar-refractivity contribution in [1.29, 1.82) is 0 Å². The zero-order valence-electron chi connectivity index (χ0n) is 11.9. The van der Waals surface area contributed by atoms with Crippen LogP contribution in [0.15, 0.2) is 12.1 Å². The lowest BCUT2D eigenvalue weighted by molar-refractivity contribution is -0.133. The van der Waals surface area contributed by atoms with Crippen molar-refractivity contribution in [2.24, 2.45) is 0 Å². The van der Waals surface area contributed by atoms with Gasteiger partial charge in [-0.1, -0.05) is 0 Å². The van der Waals surface area contributed by atoms with Gasteiger partial charge in [0, 0.05) is 36.8 Å². The standard InChI is InChI=1S/C16H16O5/c1-7(17)19-11-5-6-12(20-8(2)18)14-10-4-3-9(13(11)14)15-16(10)21-15/h5-6,9-10,15-16H,3-4H2,1-2H3/t9-,10+,15-,16+. The van der Waals surface area contributed by atoms with Crippen molar-refractivity contribution in [3.63, 3.8) is 0 Å². The lowest BCUT2D eigenvalue weighted by Crippen LogP contribution is -2.31. The highest BCUT2D eigenvalue weighted by molar-refractivity contribution is 5.73. The van der Waals surface area contributed by atoms with Gasteiger partial charge in [-0.3, -0.25) is 9.59 Å². The number of benzene rings is 1. The molecular formula is C16H16O5. The van der Waals surface area contributed by atoms with Crippen LogP contribution in [-0.2, 0) is 14.3 Å². The first-order valence-corrected chi connectivity index (χ1v) is 7.25. The molecule has 1 aromatic rings. The Kier molecular flexibility index (Phi) is 2.63. The number of fused-ring (bicyclic) bond motifs is 1. The molecule has 2 bridgehead atoms. The Morgan fingerprint density at radius 3 is 1.76 bits per heavy atom. The number of esters is 2. The van der Waals surface area contributed by atoms with E-state index in [2.05, 4.69) is 0 Å². The fraction of sp³-hybridized carbons (Fsp3) is 0.500. The van der Waals surface area contributed by atoms with Crippen LogP contribution in [-0.4, -0.2) is 24.1 Å². The molecule has 5 nitrogen and oxygen atoms in total. The third kappa shape index (κ3) is 1.87. The van der Waals surface area contributed by atoms with Crippen LogP contribution in [0.1, 0.15) is 49.7 Å². The molecule has 4 aliphatic rings. The molecule has 0 N–H and O–H groups in total. The molecule has 110 valence electrons. The van der Waals surface area contributed by atoms with Crippen LogP contribution in [0.2, 0.25) is 0 Å². The molecule has 0 unspecified atom stereocenters. The topological polar surface area (TPSA) is 65.1 Å². The molecule has 1 saturated carbocycles. The first-order valence-electron chi connectivity index (χ1n) is 7.25. The lowest BCUT2D eigenvalue weighted by atomic mass is 9.66. The molecule has 4 atom stereocenters. The van der Waals surface area contributed by atoms with Gasteiger partial charge in [0.1, 0.15) is 11.5 Å². The van der Waals surface area contributed by atoms with Crippen molar-refractivity contribution in [2.45, 2.75) is 50.7 Å². The van der Waals surface area contributed by atoms with Gasteiger partial charge in [0.15, 0.2) is 0 Å². The number of epoxide rings is 1. The van der Waals surface area contributed by atoms with Crippen LogP contribution in [0.25, 0.3) is 0 Å². The molecular weight excluding hydrogens is 272 g/mol. The maximum absolute atomic E-state index is 11.3. The minimum absolute atomic E-state index is 0.234. The van der Waals surface area contributed by atoms with E-state index in [0.717, 1.165) is 24.0 Å². The van der Waals surface area contributed by atoms with Gasteiger partial charge < -0.3 is 14.2 Å². The van der Waals surface area contributed by atoms with Gasteiger partial charge in [0.25, 0.3) is 0 Å². The lowest BCUT2D eigenvalue weighted by Gasteiger charge is -2.36. The predicted molar refractivity (Wildman–Crippen MR) is 72.4 cm³/mol. The van der Waals surface area contributed by atoms with E-state index in [1.165, 1.54) is 13.8 Å². The van der Waals surface area contributed by atoms with Crippen LogP contribution in [0.4, 0.5) is 0 Å². The Morgan fingerprint density at radius 1 is 0.952 bits per heavy atom. The summed E-state index contributed by atoms with van der Waals surface area (Å²) in [4.78, 5) is 22.6.